The summed E-state index contributed by atoms with van der Waals surface area (Å²) in [6.45, 7) is 4.57. The van der Waals surface area contributed by atoms with E-state index in [1.54, 1.807) is 0 Å². The number of rotatable bonds is 4. The lowest BCUT2D eigenvalue weighted by Gasteiger charge is -2.24. The van der Waals surface area contributed by atoms with Gasteiger partial charge in [0.05, 0.1) is 16.9 Å². The van der Waals surface area contributed by atoms with Gasteiger partial charge in [-0.2, -0.15) is 0 Å². The molecule has 0 amide bonds. The Morgan fingerprint density at radius 2 is 2.00 bits per heavy atom. The van der Waals surface area contributed by atoms with Gasteiger partial charge in [-0.05, 0) is 31.5 Å². The second-order valence-electron chi connectivity index (χ2n) is 5.10. The van der Waals surface area contributed by atoms with Crippen molar-refractivity contribution >= 4 is 27.5 Å². The summed E-state index contributed by atoms with van der Waals surface area (Å²) in [5, 5.41) is 7.80. The molecule has 0 saturated heterocycles. The van der Waals surface area contributed by atoms with Crippen LogP contribution in [-0.2, 0) is 6.54 Å². The molecule has 0 atom stereocenters. The van der Waals surface area contributed by atoms with Gasteiger partial charge in [0.15, 0.2) is 0 Å². The molecule has 4 nitrogen and oxygen atoms in total. The molecule has 110 valence electrons. The first-order valence-corrected chi connectivity index (χ1v) is 7.46. The molecule has 3 N–H and O–H groups in total. The number of pyridine rings is 1. The predicted molar refractivity (Wildman–Crippen MR) is 91.0 cm³/mol. The number of benzene rings is 1. The molecule has 0 radical (unpaired) electrons. The van der Waals surface area contributed by atoms with E-state index in [1.165, 1.54) is 5.56 Å². The van der Waals surface area contributed by atoms with Gasteiger partial charge in [-0.3, -0.25) is 10.4 Å². The van der Waals surface area contributed by atoms with Gasteiger partial charge in [-0.25, -0.2) is 0 Å². The third-order valence-corrected chi connectivity index (χ3v) is 4.13. The number of aromatic nitrogens is 1. The Morgan fingerprint density at radius 3 is 2.62 bits per heavy atom. The standard InChI is InChI=1S/C16H19BrN4/c1-10-8-14(15(16(18)19)11(2)20-10)21(3)9-12-6-4-5-7-13(12)17/h4-8H,9H2,1-3H3,(H3,18,19). The van der Waals surface area contributed by atoms with Gasteiger partial charge in [-0.15, -0.1) is 0 Å². The second-order valence-corrected chi connectivity index (χ2v) is 5.96. The van der Waals surface area contributed by atoms with Gasteiger partial charge in [-0.1, -0.05) is 34.1 Å². The largest absolute Gasteiger partial charge is 0.384 e. The topological polar surface area (TPSA) is 66.0 Å². The lowest BCUT2D eigenvalue weighted by atomic mass is 10.1. The van der Waals surface area contributed by atoms with E-state index in [4.69, 9.17) is 11.1 Å². The minimum Gasteiger partial charge on any atom is -0.384 e. The monoisotopic (exact) mass is 346 g/mol. The smallest absolute Gasteiger partial charge is 0.126 e. The van der Waals surface area contributed by atoms with E-state index in [9.17, 15) is 0 Å². The Morgan fingerprint density at radius 1 is 1.33 bits per heavy atom. The number of amidine groups is 1. The molecule has 0 aliphatic carbocycles. The summed E-state index contributed by atoms with van der Waals surface area (Å²) in [7, 11) is 2.00. The maximum absolute atomic E-state index is 7.80. The Bertz CT molecular complexity index is 682. The highest BCUT2D eigenvalue weighted by Gasteiger charge is 2.15. The van der Waals surface area contributed by atoms with Crippen molar-refractivity contribution in [3.8, 4) is 0 Å². The first-order chi connectivity index (χ1) is 9.90. The van der Waals surface area contributed by atoms with Crippen LogP contribution in [0.2, 0.25) is 0 Å². The molecule has 0 bridgehead atoms. The van der Waals surface area contributed by atoms with E-state index in [0.717, 1.165) is 28.1 Å². The minimum atomic E-state index is 0.0500. The zero-order valence-corrected chi connectivity index (χ0v) is 14.0. The Kier molecular flexibility index (Phi) is 4.63. The molecular formula is C16H19BrN4. The quantitative estimate of drug-likeness (QED) is 0.658. The van der Waals surface area contributed by atoms with Gasteiger partial charge >= 0.3 is 0 Å². The third kappa shape index (κ3) is 3.42. The van der Waals surface area contributed by atoms with Gasteiger partial charge in [0.1, 0.15) is 5.84 Å². The molecule has 5 heteroatoms. The fourth-order valence-corrected chi connectivity index (χ4v) is 2.82. The molecule has 0 unspecified atom stereocenters. The van der Waals surface area contributed by atoms with Crippen molar-refractivity contribution in [2.24, 2.45) is 5.73 Å². The molecule has 0 aliphatic heterocycles. The van der Waals surface area contributed by atoms with Crippen molar-refractivity contribution < 1.29 is 0 Å². The number of anilines is 1. The highest BCUT2D eigenvalue weighted by molar-refractivity contribution is 9.10. The molecule has 1 aromatic carbocycles. The fraction of sp³-hybridized carbons (Fsp3) is 0.250. The molecule has 0 saturated carbocycles. The van der Waals surface area contributed by atoms with E-state index >= 15 is 0 Å². The summed E-state index contributed by atoms with van der Waals surface area (Å²) in [4.78, 5) is 6.50. The third-order valence-electron chi connectivity index (χ3n) is 3.35. The Hall–Kier alpha value is -1.88. The molecule has 1 heterocycles. The van der Waals surface area contributed by atoms with Crippen LogP contribution in [0.4, 0.5) is 5.69 Å². The SMILES string of the molecule is Cc1cc(N(C)Cc2ccccc2Br)c(C(=N)N)c(C)n1. The van der Waals surface area contributed by atoms with Crippen LogP contribution in [0.1, 0.15) is 22.5 Å². The number of hydrogen-bond acceptors (Lipinski definition) is 3. The zero-order chi connectivity index (χ0) is 15.6. The maximum Gasteiger partial charge on any atom is 0.126 e. The summed E-state index contributed by atoms with van der Waals surface area (Å²) < 4.78 is 1.07. The Balaban J connectivity index is 2.41. The van der Waals surface area contributed by atoms with E-state index in [2.05, 4.69) is 31.9 Å². The van der Waals surface area contributed by atoms with Crippen molar-refractivity contribution in [1.82, 2.24) is 4.98 Å². The van der Waals surface area contributed by atoms with Crippen LogP contribution < -0.4 is 10.6 Å². The number of hydrogen-bond donors (Lipinski definition) is 2. The van der Waals surface area contributed by atoms with Crippen molar-refractivity contribution in [2.75, 3.05) is 11.9 Å². The summed E-state index contributed by atoms with van der Waals surface area (Å²) in [5.74, 6) is 0.0500. The number of nitrogens with one attached hydrogen (secondary N) is 1. The highest BCUT2D eigenvalue weighted by atomic mass is 79.9. The molecule has 0 aliphatic rings. The van der Waals surface area contributed by atoms with Gasteiger partial charge in [0.2, 0.25) is 0 Å². The average molecular weight is 347 g/mol. The number of nitrogens with two attached hydrogens (primary N) is 1. The van der Waals surface area contributed by atoms with Gasteiger partial charge < -0.3 is 10.6 Å². The lowest BCUT2D eigenvalue weighted by molar-refractivity contribution is 0.907. The van der Waals surface area contributed by atoms with Crippen molar-refractivity contribution in [1.29, 1.82) is 5.41 Å². The first kappa shape index (κ1) is 15.5. The fourth-order valence-electron chi connectivity index (χ4n) is 2.41. The molecule has 2 rings (SSSR count). The van der Waals surface area contributed by atoms with Gasteiger partial charge in [0, 0.05) is 23.8 Å². The zero-order valence-electron chi connectivity index (χ0n) is 12.4. The molecule has 2 aromatic rings. The van der Waals surface area contributed by atoms with Gasteiger partial charge in [0.25, 0.3) is 0 Å². The van der Waals surface area contributed by atoms with Crippen LogP contribution in [0.15, 0.2) is 34.8 Å². The summed E-state index contributed by atoms with van der Waals surface area (Å²) in [5.41, 5.74) is 10.3. The van der Waals surface area contributed by atoms with Crippen LogP contribution in [0, 0.1) is 19.3 Å². The molecule has 1 aromatic heterocycles. The summed E-state index contributed by atoms with van der Waals surface area (Å²) >= 11 is 3.57. The number of nitrogen functional groups attached to an aromatic ring is 1. The molecule has 0 spiro atoms. The number of halogens is 1. The highest BCUT2D eigenvalue weighted by Crippen LogP contribution is 2.26. The average Bonchev–Trinajstić information content (AvgIpc) is 2.39. The summed E-state index contributed by atoms with van der Waals surface area (Å²) in [6, 6.07) is 10.1. The lowest BCUT2D eigenvalue weighted by Crippen LogP contribution is -2.24. The predicted octanol–water partition coefficient (Wildman–Crippen LogP) is 3.38. The van der Waals surface area contributed by atoms with Crippen LogP contribution in [0.3, 0.4) is 0 Å². The van der Waals surface area contributed by atoms with Crippen LogP contribution in [-0.4, -0.2) is 17.9 Å². The second kappa shape index (κ2) is 6.26. The number of aryl methyl sites for hydroxylation is 2. The molecular weight excluding hydrogens is 328 g/mol. The number of nitrogens with zero attached hydrogens (tertiary/aromatic N) is 2. The van der Waals surface area contributed by atoms with Crippen LogP contribution >= 0.6 is 15.9 Å². The van der Waals surface area contributed by atoms with Crippen LogP contribution in [0.5, 0.6) is 0 Å². The molecule has 21 heavy (non-hydrogen) atoms. The van der Waals surface area contributed by atoms with Crippen molar-refractivity contribution in [3.05, 3.63) is 57.3 Å². The van der Waals surface area contributed by atoms with Crippen molar-refractivity contribution in [2.45, 2.75) is 20.4 Å². The van der Waals surface area contributed by atoms with Crippen molar-refractivity contribution in [3.63, 3.8) is 0 Å². The maximum atomic E-state index is 7.80. The van der Waals surface area contributed by atoms with E-state index < -0.39 is 0 Å². The van der Waals surface area contributed by atoms with E-state index in [1.807, 2.05) is 45.2 Å². The van der Waals surface area contributed by atoms with E-state index in [-0.39, 0.29) is 5.84 Å². The molecule has 0 fully saturated rings. The normalized spacial score (nSPS) is 10.5. The summed E-state index contributed by atoms with van der Waals surface area (Å²) in [6.07, 6.45) is 0. The minimum absolute atomic E-state index is 0.0500. The first-order valence-electron chi connectivity index (χ1n) is 6.67. The van der Waals surface area contributed by atoms with E-state index in [0.29, 0.717) is 5.56 Å². The Labute approximate surface area is 133 Å². The van der Waals surface area contributed by atoms with Crippen LogP contribution in [0.25, 0.3) is 0 Å².